The Labute approximate surface area is 82.9 Å². The van der Waals surface area contributed by atoms with Crippen molar-refractivity contribution in [2.45, 2.75) is 25.3 Å². The van der Waals surface area contributed by atoms with Gasteiger partial charge in [0, 0.05) is 0 Å². The number of carbonyl (C=O) groups is 1. The van der Waals surface area contributed by atoms with E-state index in [9.17, 15) is 4.79 Å². The van der Waals surface area contributed by atoms with E-state index in [1.165, 1.54) is 0 Å². The highest BCUT2D eigenvalue weighted by atomic mass is 16.5. The number of ether oxygens (including phenoxy) is 1. The second-order valence-electron chi connectivity index (χ2n) is 2.82. The lowest BCUT2D eigenvalue weighted by Gasteiger charge is -2.09. The molecular formula is C8H17N3O3. The predicted molar refractivity (Wildman–Crippen MR) is 52.1 cm³/mol. The van der Waals surface area contributed by atoms with Crippen LogP contribution in [0, 0.1) is 0 Å². The highest BCUT2D eigenvalue weighted by Gasteiger charge is 2.13. The van der Waals surface area contributed by atoms with Gasteiger partial charge in [-0.1, -0.05) is 11.6 Å². The fourth-order valence-corrected chi connectivity index (χ4v) is 0.886. The molecule has 0 aromatic heterocycles. The van der Waals surface area contributed by atoms with Crippen molar-refractivity contribution in [1.82, 2.24) is 0 Å². The number of carbonyl (C=O) groups excluding carboxylic acids is 1. The van der Waals surface area contributed by atoms with E-state index in [1.807, 2.05) is 0 Å². The van der Waals surface area contributed by atoms with Crippen LogP contribution < -0.4 is 11.5 Å². The zero-order valence-electron chi connectivity index (χ0n) is 8.06. The van der Waals surface area contributed by atoms with Gasteiger partial charge in [-0.25, -0.2) is 0 Å². The first-order valence-corrected chi connectivity index (χ1v) is 4.50. The molecule has 0 aromatic carbocycles. The lowest BCUT2D eigenvalue weighted by molar-refractivity contribution is -0.143. The topological polar surface area (TPSA) is 111 Å². The van der Waals surface area contributed by atoms with Gasteiger partial charge in [0.25, 0.3) is 0 Å². The van der Waals surface area contributed by atoms with Crippen LogP contribution in [0.25, 0.3) is 0 Å². The molecule has 0 fully saturated rings. The molecule has 0 saturated heterocycles. The van der Waals surface area contributed by atoms with E-state index in [2.05, 4.69) is 9.89 Å². The quantitative estimate of drug-likeness (QED) is 0.169. The van der Waals surface area contributed by atoms with E-state index < -0.39 is 12.0 Å². The minimum absolute atomic E-state index is 0.0556. The Kier molecular flexibility index (Phi) is 7.77. The van der Waals surface area contributed by atoms with Crippen LogP contribution in [-0.2, 0) is 9.53 Å². The smallest absolute Gasteiger partial charge is 0.323 e. The van der Waals surface area contributed by atoms with Crippen molar-refractivity contribution in [1.29, 1.82) is 0 Å². The first-order valence-electron chi connectivity index (χ1n) is 4.50. The lowest BCUT2D eigenvalue weighted by atomic mass is 10.1. The summed E-state index contributed by atoms with van der Waals surface area (Å²) >= 11 is 0. The molecule has 6 nitrogen and oxygen atoms in total. The standard InChI is InChI=1S/C8H17N3O3/c9-4-2-1-3-7(10)8(12)14-6-5-11-13/h5,7,13H,1-4,6,9-10H2/t7-/m0/s1. The second-order valence-corrected chi connectivity index (χ2v) is 2.82. The van der Waals surface area contributed by atoms with Gasteiger partial charge in [-0.15, -0.1) is 0 Å². The molecule has 1 atom stereocenters. The largest absolute Gasteiger partial charge is 0.459 e. The van der Waals surface area contributed by atoms with Gasteiger partial charge in [-0.3, -0.25) is 4.79 Å². The molecule has 0 rings (SSSR count). The molecule has 0 radical (unpaired) electrons. The molecule has 5 N–H and O–H groups in total. The number of oxime groups is 1. The molecule has 0 aliphatic heterocycles. The molecule has 0 spiro atoms. The fourth-order valence-electron chi connectivity index (χ4n) is 0.886. The molecule has 0 heterocycles. The molecule has 14 heavy (non-hydrogen) atoms. The first-order chi connectivity index (χ1) is 6.72. The third-order valence-electron chi connectivity index (χ3n) is 1.65. The average molecular weight is 203 g/mol. The third kappa shape index (κ3) is 6.38. The summed E-state index contributed by atoms with van der Waals surface area (Å²) in [5.41, 5.74) is 10.8. The summed E-state index contributed by atoms with van der Waals surface area (Å²) in [5, 5.41) is 10.7. The van der Waals surface area contributed by atoms with Crippen LogP contribution >= 0.6 is 0 Å². The average Bonchev–Trinajstić information content (AvgIpc) is 2.18. The van der Waals surface area contributed by atoms with Gasteiger partial charge in [0.2, 0.25) is 0 Å². The van der Waals surface area contributed by atoms with Crippen LogP contribution in [-0.4, -0.2) is 36.6 Å². The summed E-state index contributed by atoms with van der Waals surface area (Å²) in [6.07, 6.45) is 3.29. The summed E-state index contributed by atoms with van der Waals surface area (Å²) < 4.78 is 4.67. The van der Waals surface area contributed by atoms with Gasteiger partial charge in [0.05, 0.1) is 6.21 Å². The van der Waals surface area contributed by atoms with Crippen LogP contribution in [0.4, 0.5) is 0 Å². The molecule has 0 aliphatic carbocycles. The van der Waals surface area contributed by atoms with E-state index in [0.29, 0.717) is 13.0 Å². The Morgan fingerprint density at radius 1 is 1.57 bits per heavy atom. The van der Waals surface area contributed by atoms with Crippen LogP contribution in [0.1, 0.15) is 19.3 Å². The van der Waals surface area contributed by atoms with Gasteiger partial charge in [0.15, 0.2) is 0 Å². The molecule has 6 heteroatoms. The summed E-state index contributed by atoms with van der Waals surface area (Å²) in [6, 6.07) is -0.617. The molecule has 0 bridgehead atoms. The molecule has 0 unspecified atom stereocenters. The highest BCUT2D eigenvalue weighted by molar-refractivity contribution is 5.77. The van der Waals surface area contributed by atoms with E-state index in [0.717, 1.165) is 19.1 Å². The van der Waals surface area contributed by atoms with Crippen molar-refractivity contribution >= 4 is 12.2 Å². The Morgan fingerprint density at radius 3 is 2.86 bits per heavy atom. The SMILES string of the molecule is NCCCC[C@H](N)C(=O)OCC=NO. The molecule has 82 valence electrons. The number of esters is 1. The second kappa shape index (κ2) is 8.46. The maximum atomic E-state index is 11.1. The first kappa shape index (κ1) is 12.9. The normalized spacial score (nSPS) is 13.0. The van der Waals surface area contributed by atoms with Gasteiger partial charge < -0.3 is 21.4 Å². The maximum Gasteiger partial charge on any atom is 0.323 e. The van der Waals surface area contributed by atoms with Gasteiger partial charge in [-0.2, -0.15) is 0 Å². The molecular weight excluding hydrogens is 186 g/mol. The predicted octanol–water partition coefficient (Wildman–Crippen LogP) is -0.554. The summed E-state index contributed by atoms with van der Waals surface area (Å²) in [4.78, 5) is 11.1. The Hall–Kier alpha value is -1.14. The number of nitrogens with two attached hydrogens (primary N) is 2. The maximum absolute atomic E-state index is 11.1. The van der Waals surface area contributed by atoms with Gasteiger partial charge >= 0.3 is 5.97 Å². The van der Waals surface area contributed by atoms with E-state index in [1.54, 1.807) is 0 Å². The number of nitrogens with zero attached hydrogens (tertiary/aromatic N) is 1. The van der Waals surface area contributed by atoms with E-state index in [-0.39, 0.29) is 6.61 Å². The van der Waals surface area contributed by atoms with Crippen molar-refractivity contribution in [3.8, 4) is 0 Å². The molecule has 0 saturated carbocycles. The van der Waals surface area contributed by atoms with Crippen LogP contribution in [0.5, 0.6) is 0 Å². The Morgan fingerprint density at radius 2 is 2.29 bits per heavy atom. The summed E-state index contributed by atoms with van der Waals surface area (Å²) in [5.74, 6) is -0.484. The van der Waals surface area contributed by atoms with Gasteiger partial charge in [-0.05, 0) is 19.4 Å². The van der Waals surface area contributed by atoms with E-state index >= 15 is 0 Å². The van der Waals surface area contributed by atoms with Crippen LogP contribution in [0.15, 0.2) is 5.16 Å². The summed E-state index contributed by atoms with van der Waals surface area (Å²) in [7, 11) is 0. The van der Waals surface area contributed by atoms with Crippen molar-refractivity contribution in [3.63, 3.8) is 0 Å². The molecule has 0 amide bonds. The molecule has 0 aliphatic rings. The van der Waals surface area contributed by atoms with Crippen molar-refractivity contribution in [2.24, 2.45) is 16.6 Å². The zero-order chi connectivity index (χ0) is 10.8. The van der Waals surface area contributed by atoms with Crippen LogP contribution in [0.2, 0.25) is 0 Å². The number of hydrogen-bond donors (Lipinski definition) is 3. The number of rotatable bonds is 7. The van der Waals surface area contributed by atoms with Crippen molar-refractivity contribution < 1.29 is 14.7 Å². The Balaban J connectivity index is 3.54. The highest BCUT2D eigenvalue weighted by Crippen LogP contribution is 1.99. The summed E-state index contributed by atoms with van der Waals surface area (Å²) in [6.45, 7) is 0.541. The Bertz CT molecular complexity index is 185. The minimum atomic E-state index is -0.617. The minimum Gasteiger partial charge on any atom is -0.459 e. The van der Waals surface area contributed by atoms with Crippen molar-refractivity contribution in [3.05, 3.63) is 0 Å². The van der Waals surface area contributed by atoms with Crippen LogP contribution in [0.3, 0.4) is 0 Å². The monoisotopic (exact) mass is 203 g/mol. The van der Waals surface area contributed by atoms with E-state index in [4.69, 9.17) is 16.7 Å². The fraction of sp³-hybridized carbons (Fsp3) is 0.750. The number of unbranched alkanes of at least 4 members (excludes halogenated alkanes) is 1. The van der Waals surface area contributed by atoms with Gasteiger partial charge in [0.1, 0.15) is 12.6 Å². The van der Waals surface area contributed by atoms with Crippen molar-refractivity contribution in [2.75, 3.05) is 13.2 Å². The number of hydrogen-bond acceptors (Lipinski definition) is 6. The third-order valence-corrected chi connectivity index (χ3v) is 1.65. The lowest BCUT2D eigenvalue weighted by Crippen LogP contribution is -2.32. The molecule has 0 aromatic rings. The zero-order valence-corrected chi connectivity index (χ0v) is 8.06.